The summed E-state index contributed by atoms with van der Waals surface area (Å²) in [5.41, 5.74) is 5.88. The third-order valence-electron chi connectivity index (χ3n) is 3.64. The van der Waals surface area contributed by atoms with Gasteiger partial charge >= 0.3 is 0 Å². The highest BCUT2D eigenvalue weighted by molar-refractivity contribution is 5.82. The lowest BCUT2D eigenvalue weighted by atomic mass is 9.86. The Hall–Kier alpha value is -0.610. The number of nitrogens with two attached hydrogens (primary N) is 1. The molecule has 0 aliphatic carbocycles. The maximum atomic E-state index is 12.3. The smallest absolute Gasteiger partial charge is 0.240 e. The zero-order valence-electron chi connectivity index (χ0n) is 11.9. The Morgan fingerprint density at radius 3 is 2.47 bits per heavy atom. The molecule has 0 bridgehead atoms. The van der Waals surface area contributed by atoms with E-state index in [0.29, 0.717) is 6.04 Å². The zero-order valence-corrected chi connectivity index (χ0v) is 11.9. The van der Waals surface area contributed by atoms with Gasteiger partial charge in [0.2, 0.25) is 5.91 Å². The van der Waals surface area contributed by atoms with E-state index in [1.54, 1.807) is 0 Å². The Kier molecular flexibility index (Phi) is 4.55. The van der Waals surface area contributed by atoms with Gasteiger partial charge in [-0.1, -0.05) is 20.8 Å². The highest BCUT2D eigenvalue weighted by atomic mass is 16.2. The molecule has 1 heterocycles. The van der Waals surface area contributed by atoms with Crippen LogP contribution in [0.25, 0.3) is 0 Å². The van der Waals surface area contributed by atoms with Gasteiger partial charge < -0.3 is 15.5 Å². The number of carbonyl (C=O) groups is 1. The molecular weight excluding hydrogens is 214 g/mol. The fourth-order valence-electron chi connectivity index (χ4n) is 2.14. The van der Waals surface area contributed by atoms with Gasteiger partial charge in [0.05, 0.1) is 6.04 Å². The van der Waals surface area contributed by atoms with E-state index in [9.17, 15) is 4.79 Å². The summed E-state index contributed by atoms with van der Waals surface area (Å²) in [6, 6.07) is 0.0725. The molecule has 0 spiro atoms. The molecule has 0 aromatic rings. The molecule has 17 heavy (non-hydrogen) atoms. The first-order valence-electron chi connectivity index (χ1n) is 6.44. The predicted octanol–water partition coefficient (Wildman–Crippen LogP) is 0.912. The monoisotopic (exact) mass is 241 g/mol. The average Bonchev–Trinajstić information content (AvgIpc) is 2.26. The molecular formula is C13H27N3O. The van der Waals surface area contributed by atoms with Crippen molar-refractivity contribution in [3.8, 4) is 0 Å². The maximum Gasteiger partial charge on any atom is 0.240 e. The summed E-state index contributed by atoms with van der Waals surface area (Å²) in [7, 11) is 4.14. The van der Waals surface area contributed by atoms with Crippen LogP contribution in [0.5, 0.6) is 0 Å². The second kappa shape index (κ2) is 5.36. The van der Waals surface area contributed by atoms with E-state index >= 15 is 0 Å². The lowest BCUT2D eigenvalue weighted by molar-refractivity contribution is -0.136. The normalized spacial score (nSPS) is 23.9. The van der Waals surface area contributed by atoms with E-state index in [1.165, 1.54) is 6.42 Å². The Labute approximate surface area is 105 Å². The summed E-state index contributed by atoms with van der Waals surface area (Å²) < 4.78 is 0. The molecule has 1 unspecified atom stereocenters. The van der Waals surface area contributed by atoms with Gasteiger partial charge in [0, 0.05) is 19.1 Å². The van der Waals surface area contributed by atoms with Gasteiger partial charge in [-0.05, 0) is 32.4 Å². The summed E-state index contributed by atoms with van der Waals surface area (Å²) >= 11 is 0. The standard InChI is InChI=1S/C13H27N3O/c1-13(2,3)11(14)12(17)16-8-6-7-10(9-16)15(4)5/h10-11H,6-9,14H2,1-5H3/t10?,11-/m1/s1. The molecule has 100 valence electrons. The first-order chi connectivity index (χ1) is 7.73. The second-order valence-electron chi connectivity index (χ2n) is 6.39. The van der Waals surface area contributed by atoms with E-state index in [1.807, 2.05) is 25.7 Å². The highest BCUT2D eigenvalue weighted by Gasteiger charge is 2.33. The minimum atomic E-state index is -0.400. The van der Waals surface area contributed by atoms with Crippen molar-refractivity contribution < 1.29 is 4.79 Å². The topological polar surface area (TPSA) is 49.6 Å². The average molecular weight is 241 g/mol. The molecule has 0 aromatic heterocycles. The SMILES string of the molecule is CN(C)C1CCCN(C(=O)[C@@H](N)C(C)(C)C)C1. The summed E-state index contributed by atoms with van der Waals surface area (Å²) in [5, 5.41) is 0. The van der Waals surface area contributed by atoms with Crippen molar-refractivity contribution in [1.29, 1.82) is 0 Å². The fourth-order valence-corrected chi connectivity index (χ4v) is 2.14. The largest absolute Gasteiger partial charge is 0.340 e. The first-order valence-corrected chi connectivity index (χ1v) is 6.44. The quantitative estimate of drug-likeness (QED) is 0.782. The van der Waals surface area contributed by atoms with Crippen molar-refractivity contribution >= 4 is 5.91 Å². The molecule has 0 aromatic carbocycles. The van der Waals surface area contributed by atoms with Gasteiger partial charge in [-0.25, -0.2) is 0 Å². The summed E-state index contributed by atoms with van der Waals surface area (Å²) in [5.74, 6) is 0.101. The number of hydrogen-bond donors (Lipinski definition) is 1. The first kappa shape index (κ1) is 14.5. The van der Waals surface area contributed by atoms with Gasteiger partial charge in [0.1, 0.15) is 0 Å². The zero-order chi connectivity index (χ0) is 13.2. The van der Waals surface area contributed by atoms with Gasteiger partial charge in [-0.2, -0.15) is 0 Å². The van der Waals surface area contributed by atoms with Crippen LogP contribution in [-0.2, 0) is 4.79 Å². The second-order valence-corrected chi connectivity index (χ2v) is 6.39. The Morgan fingerprint density at radius 2 is 2.00 bits per heavy atom. The summed E-state index contributed by atoms with van der Waals surface area (Å²) in [6.07, 6.45) is 2.24. The minimum absolute atomic E-state index is 0.101. The molecule has 1 amide bonds. The molecule has 1 aliphatic rings. The van der Waals surface area contributed by atoms with E-state index in [0.717, 1.165) is 19.5 Å². The Bertz CT molecular complexity index is 270. The highest BCUT2D eigenvalue weighted by Crippen LogP contribution is 2.21. The molecule has 1 fully saturated rings. The van der Waals surface area contributed by atoms with Crippen LogP contribution in [0.2, 0.25) is 0 Å². The molecule has 4 heteroatoms. The van der Waals surface area contributed by atoms with Crippen LogP contribution < -0.4 is 5.73 Å². The van der Waals surface area contributed by atoms with Crippen LogP contribution in [-0.4, -0.2) is 55.0 Å². The Morgan fingerprint density at radius 1 is 1.41 bits per heavy atom. The van der Waals surface area contributed by atoms with Gasteiger partial charge in [-0.3, -0.25) is 4.79 Å². The summed E-state index contributed by atoms with van der Waals surface area (Å²) in [4.78, 5) is 16.4. The minimum Gasteiger partial charge on any atom is -0.340 e. The number of likely N-dealkylation sites (tertiary alicyclic amines) is 1. The molecule has 0 saturated carbocycles. The van der Waals surface area contributed by atoms with Crippen molar-refractivity contribution in [3.63, 3.8) is 0 Å². The predicted molar refractivity (Wildman–Crippen MR) is 70.7 cm³/mol. The molecule has 4 nitrogen and oxygen atoms in total. The van der Waals surface area contributed by atoms with Crippen molar-refractivity contribution in [1.82, 2.24) is 9.80 Å². The van der Waals surface area contributed by atoms with E-state index < -0.39 is 6.04 Å². The molecule has 2 N–H and O–H groups in total. The van der Waals surface area contributed by atoms with Crippen LogP contribution in [0.1, 0.15) is 33.6 Å². The number of amides is 1. The fraction of sp³-hybridized carbons (Fsp3) is 0.923. The number of likely N-dealkylation sites (N-methyl/N-ethyl adjacent to an activating group) is 1. The van der Waals surface area contributed by atoms with Gasteiger partial charge in [0.25, 0.3) is 0 Å². The van der Waals surface area contributed by atoms with Crippen molar-refractivity contribution in [3.05, 3.63) is 0 Å². The lowest BCUT2D eigenvalue weighted by Gasteiger charge is -2.39. The van der Waals surface area contributed by atoms with Gasteiger partial charge in [0.15, 0.2) is 0 Å². The van der Waals surface area contributed by atoms with Crippen LogP contribution in [0, 0.1) is 5.41 Å². The van der Waals surface area contributed by atoms with Crippen molar-refractivity contribution in [2.45, 2.75) is 45.7 Å². The number of nitrogens with zero attached hydrogens (tertiary/aromatic N) is 2. The molecule has 1 saturated heterocycles. The molecule has 0 radical (unpaired) electrons. The third-order valence-corrected chi connectivity index (χ3v) is 3.64. The van der Waals surface area contributed by atoms with Crippen LogP contribution in [0.15, 0.2) is 0 Å². The van der Waals surface area contributed by atoms with Crippen LogP contribution >= 0.6 is 0 Å². The van der Waals surface area contributed by atoms with E-state index in [2.05, 4.69) is 19.0 Å². The number of piperidine rings is 1. The van der Waals surface area contributed by atoms with E-state index in [-0.39, 0.29) is 11.3 Å². The Balaban J connectivity index is 2.64. The van der Waals surface area contributed by atoms with Crippen molar-refractivity contribution in [2.75, 3.05) is 27.2 Å². The maximum absolute atomic E-state index is 12.3. The number of hydrogen-bond acceptors (Lipinski definition) is 3. The molecule has 1 rings (SSSR count). The molecule has 2 atom stereocenters. The third kappa shape index (κ3) is 3.68. The van der Waals surface area contributed by atoms with Gasteiger partial charge in [-0.15, -0.1) is 0 Å². The number of carbonyl (C=O) groups excluding carboxylic acids is 1. The van der Waals surface area contributed by atoms with Crippen LogP contribution in [0.4, 0.5) is 0 Å². The molecule has 1 aliphatic heterocycles. The summed E-state index contributed by atoms with van der Waals surface area (Å²) in [6.45, 7) is 7.72. The number of rotatable bonds is 2. The van der Waals surface area contributed by atoms with Crippen molar-refractivity contribution in [2.24, 2.45) is 11.1 Å². The van der Waals surface area contributed by atoms with Crippen LogP contribution in [0.3, 0.4) is 0 Å². The lowest BCUT2D eigenvalue weighted by Crippen LogP contribution is -2.55. The van der Waals surface area contributed by atoms with E-state index in [4.69, 9.17) is 5.73 Å².